The number of aliphatic hydroxyl groups is 1. The highest BCUT2D eigenvalue weighted by molar-refractivity contribution is 4.75. The Labute approximate surface area is 82.7 Å². The quantitative estimate of drug-likeness (QED) is 0.709. The van der Waals surface area contributed by atoms with E-state index in [0.29, 0.717) is 6.54 Å². The minimum absolute atomic E-state index is 0.0961. The monoisotopic (exact) mass is 187 g/mol. The molecule has 0 aliphatic rings. The number of β-amino-alcohol motifs (C(OH)–C–C–N with tert-alkyl or cyclic N) is 1. The first-order chi connectivity index (χ1) is 5.60. The van der Waals surface area contributed by atoms with E-state index in [1.807, 2.05) is 0 Å². The molecule has 0 aromatic rings. The van der Waals surface area contributed by atoms with Gasteiger partial charge in [-0.25, -0.2) is 0 Å². The van der Waals surface area contributed by atoms with Crippen molar-refractivity contribution in [3.05, 3.63) is 0 Å². The van der Waals surface area contributed by atoms with Gasteiger partial charge in [-0.1, -0.05) is 20.8 Å². The van der Waals surface area contributed by atoms with Gasteiger partial charge in [-0.2, -0.15) is 0 Å². The fraction of sp³-hybridized carbons (Fsp3) is 1.00. The normalized spacial score (nSPS) is 15.9. The third-order valence-electron chi connectivity index (χ3n) is 1.72. The Morgan fingerprint density at radius 1 is 1.08 bits per heavy atom. The molecule has 0 aromatic carbocycles. The summed E-state index contributed by atoms with van der Waals surface area (Å²) in [4.78, 5) is 0. The van der Waals surface area contributed by atoms with Gasteiger partial charge in [0, 0.05) is 12.1 Å². The zero-order valence-corrected chi connectivity index (χ0v) is 9.94. The van der Waals surface area contributed by atoms with Crippen LogP contribution in [0.1, 0.15) is 48.0 Å². The van der Waals surface area contributed by atoms with Crippen LogP contribution in [0.2, 0.25) is 0 Å². The molecule has 2 N–H and O–H groups in total. The Morgan fingerprint density at radius 2 is 1.54 bits per heavy atom. The van der Waals surface area contributed by atoms with E-state index < -0.39 is 0 Å². The highest BCUT2D eigenvalue weighted by Crippen LogP contribution is 2.20. The summed E-state index contributed by atoms with van der Waals surface area (Å²) in [7, 11) is 0. The maximum atomic E-state index is 9.69. The SMILES string of the molecule is CC(C)(C)C[C@H](O)CNC(C)(C)C. The maximum Gasteiger partial charge on any atom is 0.0669 e. The molecule has 13 heavy (non-hydrogen) atoms. The Balaban J connectivity index is 3.70. The van der Waals surface area contributed by atoms with E-state index in [1.54, 1.807) is 0 Å². The molecule has 0 bridgehead atoms. The van der Waals surface area contributed by atoms with Gasteiger partial charge in [-0.15, -0.1) is 0 Å². The van der Waals surface area contributed by atoms with Gasteiger partial charge in [-0.05, 0) is 32.6 Å². The van der Waals surface area contributed by atoms with Gasteiger partial charge in [0.15, 0.2) is 0 Å². The lowest BCUT2D eigenvalue weighted by Crippen LogP contribution is -2.41. The highest BCUT2D eigenvalue weighted by Gasteiger charge is 2.18. The number of aliphatic hydroxyl groups excluding tert-OH is 1. The van der Waals surface area contributed by atoms with E-state index >= 15 is 0 Å². The number of nitrogens with one attached hydrogen (secondary N) is 1. The van der Waals surface area contributed by atoms with Crippen LogP contribution in [0.4, 0.5) is 0 Å². The second-order valence-electron chi connectivity index (χ2n) is 6.05. The van der Waals surface area contributed by atoms with E-state index in [0.717, 1.165) is 6.42 Å². The number of hydrogen-bond acceptors (Lipinski definition) is 2. The average molecular weight is 187 g/mol. The van der Waals surface area contributed by atoms with E-state index in [9.17, 15) is 5.11 Å². The first-order valence-electron chi connectivity index (χ1n) is 5.03. The summed E-state index contributed by atoms with van der Waals surface area (Å²) in [5.74, 6) is 0. The molecule has 0 unspecified atom stereocenters. The summed E-state index contributed by atoms with van der Waals surface area (Å²) in [6, 6.07) is 0. The first-order valence-corrected chi connectivity index (χ1v) is 5.03. The van der Waals surface area contributed by atoms with Crippen LogP contribution in [-0.4, -0.2) is 23.3 Å². The molecular weight excluding hydrogens is 162 g/mol. The van der Waals surface area contributed by atoms with Crippen molar-refractivity contribution in [2.75, 3.05) is 6.54 Å². The van der Waals surface area contributed by atoms with Gasteiger partial charge in [-0.3, -0.25) is 0 Å². The van der Waals surface area contributed by atoms with Crippen LogP contribution in [0, 0.1) is 5.41 Å². The van der Waals surface area contributed by atoms with Gasteiger partial charge >= 0.3 is 0 Å². The fourth-order valence-electron chi connectivity index (χ4n) is 1.20. The first kappa shape index (κ1) is 12.9. The Kier molecular flexibility index (Phi) is 4.40. The van der Waals surface area contributed by atoms with Gasteiger partial charge in [0.2, 0.25) is 0 Å². The zero-order chi connectivity index (χ0) is 10.7. The summed E-state index contributed by atoms with van der Waals surface area (Å²) in [6.45, 7) is 13.4. The van der Waals surface area contributed by atoms with Crippen LogP contribution in [0.15, 0.2) is 0 Å². The lowest BCUT2D eigenvalue weighted by Gasteiger charge is -2.26. The van der Waals surface area contributed by atoms with Crippen LogP contribution < -0.4 is 5.32 Å². The predicted octanol–water partition coefficient (Wildman–Crippen LogP) is 2.17. The van der Waals surface area contributed by atoms with Crippen molar-refractivity contribution in [1.82, 2.24) is 5.32 Å². The van der Waals surface area contributed by atoms with Crippen LogP contribution in [-0.2, 0) is 0 Å². The topological polar surface area (TPSA) is 32.3 Å². The van der Waals surface area contributed by atoms with Gasteiger partial charge in [0.05, 0.1) is 6.10 Å². The molecule has 0 saturated heterocycles. The summed E-state index contributed by atoms with van der Waals surface area (Å²) in [5.41, 5.74) is 0.303. The number of hydrogen-bond donors (Lipinski definition) is 2. The maximum absolute atomic E-state index is 9.69. The third-order valence-corrected chi connectivity index (χ3v) is 1.72. The molecule has 2 heteroatoms. The standard InChI is InChI=1S/C11H25NO/c1-10(2,3)7-9(13)8-12-11(4,5)6/h9,12-13H,7-8H2,1-6H3/t9-/m0/s1. The van der Waals surface area contributed by atoms with Crippen LogP contribution in [0.5, 0.6) is 0 Å². The smallest absolute Gasteiger partial charge is 0.0669 e. The van der Waals surface area contributed by atoms with Crippen molar-refractivity contribution in [1.29, 1.82) is 0 Å². The molecule has 0 saturated carbocycles. The number of rotatable bonds is 3. The average Bonchev–Trinajstić information content (AvgIpc) is 1.78. The van der Waals surface area contributed by atoms with E-state index in [4.69, 9.17) is 0 Å². The molecule has 0 heterocycles. The third kappa shape index (κ3) is 9.84. The molecule has 0 fully saturated rings. The molecule has 0 radical (unpaired) electrons. The minimum Gasteiger partial charge on any atom is -0.392 e. The molecule has 0 amide bonds. The van der Waals surface area contributed by atoms with Crippen LogP contribution >= 0.6 is 0 Å². The van der Waals surface area contributed by atoms with Gasteiger partial charge < -0.3 is 10.4 Å². The summed E-state index contributed by atoms with van der Waals surface area (Å²) < 4.78 is 0. The second-order valence-corrected chi connectivity index (χ2v) is 6.05. The fourth-order valence-corrected chi connectivity index (χ4v) is 1.20. The summed E-state index contributed by atoms with van der Waals surface area (Å²) in [6.07, 6.45) is 0.607. The largest absolute Gasteiger partial charge is 0.392 e. The van der Waals surface area contributed by atoms with Crippen LogP contribution in [0.3, 0.4) is 0 Å². The second kappa shape index (κ2) is 4.43. The van der Waals surface area contributed by atoms with Crippen molar-refractivity contribution < 1.29 is 5.11 Å². The van der Waals surface area contributed by atoms with Gasteiger partial charge in [0.1, 0.15) is 0 Å². The van der Waals surface area contributed by atoms with E-state index in [-0.39, 0.29) is 17.1 Å². The Morgan fingerprint density at radius 3 is 1.85 bits per heavy atom. The lowest BCUT2D eigenvalue weighted by atomic mass is 9.89. The predicted molar refractivity (Wildman–Crippen MR) is 57.8 cm³/mol. The molecule has 0 aliphatic heterocycles. The summed E-state index contributed by atoms with van der Waals surface area (Å²) in [5, 5.41) is 13.0. The molecule has 80 valence electrons. The highest BCUT2D eigenvalue weighted by atomic mass is 16.3. The molecule has 0 aliphatic carbocycles. The van der Waals surface area contributed by atoms with Crippen molar-refractivity contribution in [2.24, 2.45) is 5.41 Å². The molecule has 2 nitrogen and oxygen atoms in total. The van der Waals surface area contributed by atoms with Crippen molar-refractivity contribution in [3.63, 3.8) is 0 Å². The van der Waals surface area contributed by atoms with Crippen molar-refractivity contribution >= 4 is 0 Å². The van der Waals surface area contributed by atoms with Crippen molar-refractivity contribution in [3.8, 4) is 0 Å². The minimum atomic E-state index is -0.237. The van der Waals surface area contributed by atoms with E-state index in [2.05, 4.69) is 46.9 Å². The zero-order valence-electron chi connectivity index (χ0n) is 9.94. The van der Waals surface area contributed by atoms with Crippen molar-refractivity contribution in [2.45, 2.75) is 59.6 Å². The molecule has 0 spiro atoms. The summed E-state index contributed by atoms with van der Waals surface area (Å²) >= 11 is 0. The lowest BCUT2D eigenvalue weighted by molar-refractivity contribution is 0.112. The molecule has 0 aromatic heterocycles. The van der Waals surface area contributed by atoms with E-state index in [1.165, 1.54) is 0 Å². The molecular formula is C11H25NO. The molecule has 1 atom stereocenters. The van der Waals surface area contributed by atoms with Gasteiger partial charge in [0.25, 0.3) is 0 Å². The molecule has 0 rings (SSSR count). The Bertz CT molecular complexity index is 141. The van der Waals surface area contributed by atoms with Crippen LogP contribution in [0.25, 0.3) is 0 Å². The Hall–Kier alpha value is -0.0800.